The molecule has 0 aliphatic carbocycles. The molecule has 11 heteroatoms. The van der Waals surface area contributed by atoms with Crippen molar-refractivity contribution in [3.63, 3.8) is 0 Å². The van der Waals surface area contributed by atoms with Gasteiger partial charge in [-0.15, -0.1) is 0 Å². The largest absolute Gasteiger partial charge is 0.399 e. The molecule has 20 aromatic carbocycles. The highest BCUT2D eigenvalue weighted by Crippen LogP contribution is 2.54. The number of nitriles is 3. The topological polar surface area (TPSA) is 120 Å². The summed E-state index contributed by atoms with van der Waals surface area (Å²) < 4.78 is 3.71. The van der Waals surface area contributed by atoms with Gasteiger partial charge in [0, 0.05) is 63.1 Å². The molecule has 3 N–H and O–H groups in total. The zero-order valence-electron chi connectivity index (χ0n) is 77.8. The van der Waals surface area contributed by atoms with Crippen LogP contribution in [0, 0.1) is 71.8 Å². The standard InChI is InChI=1S/C62H50N4.C22H20Br2.C20H16N2.C13H11I.C7H6N2/c1-39(2)55-36-59(65(49-22-14-16-43(32-49)38-63)57-33-46(26-24-41(57)5)44-17-10-8-11-18-44)53-30-28-52-56(40(3)4)37-60(54-31-29-51(55)61(53)62(52)54)66(50-23-15-21-48(35-50)64-7)58-34-47(27-25-42(58)6)45-19-12-9-13-20-45;1-11(2)17-9-19(23)15-8-6-14-18(12(3)4)10-20(24)16-7-5-13(17)21(15)22(14)16;1-15-10-11-18(17-7-3-2-4-8-17)13-20(15)22-19-9-5-6-16(12-19)14-21;1-10-7-8-12(9-13(10)14)11-5-3-2-4-6-11;8-5-6-2-1-3-7(9)4-6/h8-37,39-40H,1-6H3;5-12H,1-4H3;2-13,22H,1H3;2-9H,1H3;1-4H,9H2. The van der Waals surface area contributed by atoms with Gasteiger partial charge in [0.25, 0.3) is 0 Å². The molecule has 0 saturated heterocycles. The van der Waals surface area contributed by atoms with E-state index in [0.717, 1.165) is 89.7 Å². The van der Waals surface area contributed by atoms with E-state index in [1.807, 2.05) is 84.9 Å². The van der Waals surface area contributed by atoms with E-state index >= 15 is 0 Å². The molecule has 8 nitrogen and oxygen atoms in total. The van der Waals surface area contributed by atoms with Crippen LogP contribution in [0.15, 0.2) is 373 Å². The van der Waals surface area contributed by atoms with Crippen molar-refractivity contribution in [2.24, 2.45) is 0 Å². The molecule has 0 aliphatic rings. The van der Waals surface area contributed by atoms with Crippen LogP contribution in [0.5, 0.6) is 0 Å². The van der Waals surface area contributed by atoms with Crippen molar-refractivity contribution in [1.82, 2.24) is 0 Å². The summed E-state index contributed by atoms with van der Waals surface area (Å²) in [5, 5.41) is 46.4. The lowest BCUT2D eigenvalue weighted by Crippen LogP contribution is -2.14. The normalized spacial score (nSPS) is 11.0. The minimum absolute atomic E-state index is 0.206. The molecular formula is C124H103Br2IN8. The maximum absolute atomic E-state index is 10.2. The van der Waals surface area contributed by atoms with Gasteiger partial charge in [-0.25, -0.2) is 4.85 Å². The highest BCUT2D eigenvalue weighted by Gasteiger charge is 2.29. The van der Waals surface area contributed by atoms with Gasteiger partial charge < -0.3 is 20.9 Å². The van der Waals surface area contributed by atoms with E-state index in [4.69, 9.17) is 22.8 Å². The first kappa shape index (κ1) is 93.6. The second kappa shape index (κ2) is 41.6. The number of nitrogens with one attached hydrogen (secondary N) is 1. The lowest BCUT2D eigenvalue weighted by atomic mass is 9.84. The van der Waals surface area contributed by atoms with Crippen molar-refractivity contribution in [1.29, 1.82) is 15.8 Å². The Kier molecular flexibility index (Phi) is 28.9. The third kappa shape index (κ3) is 20.2. The number of halogens is 3. The van der Waals surface area contributed by atoms with Gasteiger partial charge in [0.15, 0.2) is 5.69 Å². The molecule has 135 heavy (non-hydrogen) atoms. The Morgan fingerprint density at radius 1 is 0.311 bits per heavy atom. The first-order valence-electron chi connectivity index (χ1n) is 45.7. The van der Waals surface area contributed by atoms with E-state index in [0.29, 0.717) is 39.9 Å². The van der Waals surface area contributed by atoms with Crippen molar-refractivity contribution in [2.75, 3.05) is 20.9 Å². The number of hydrogen-bond acceptors (Lipinski definition) is 7. The maximum Gasteiger partial charge on any atom is 0.189 e. The number of nitrogens with zero attached hydrogens (tertiary/aromatic N) is 6. The molecule has 0 unspecified atom stereocenters. The Bertz CT molecular complexity index is 7610. The third-order valence-electron chi connectivity index (χ3n) is 25.2. The van der Waals surface area contributed by atoms with Gasteiger partial charge in [-0.3, -0.25) is 0 Å². The van der Waals surface area contributed by atoms with Crippen LogP contribution in [0.4, 0.5) is 56.9 Å². The fourth-order valence-corrected chi connectivity index (χ4v) is 19.9. The molecule has 0 heterocycles. The van der Waals surface area contributed by atoms with Crippen LogP contribution in [-0.4, -0.2) is 0 Å². The minimum Gasteiger partial charge on any atom is -0.399 e. The molecule has 660 valence electrons. The van der Waals surface area contributed by atoms with E-state index in [1.54, 1.807) is 30.3 Å². The molecule has 0 fully saturated rings. The first-order chi connectivity index (χ1) is 65.4. The maximum atomic E-state index is 10.2. The molecule has 20 rings (SSSR count). The summed E-state index contributed by atoms with van der Waals surface area (Å²) in [6.07, 6.45) is 0. The second-order valence-electron chi connectivity index (χ2n) is 35.6. The van der Waals surface area contributed by atoms with E-state index in [2.05, 4.69) is 424 Å². The average molecular weight is 1990 g/mol. The van der Waals surface area contributed by atoms with E-state index in [9.17, 15) is 5.26 Å². The number of hydrogen-bond donors (Lipinski definition) is 2. The van der Waals surface area contributed by atoms with Gasteiger partial charge in [0.2, 0.25) is 0 Å². The van der Waals surface area contributed by atoms with Gasteiger partial charge in [-0.2, -0.15) is 15.8 Å². The van der Waals surface area contributed by atoms with Crippen LogP contribution in [0.1, 0.15) is 140 Å². The van der Waals surface area contributed by atoms with E-state index in [1.165, 1.54) is 122 Å². The number of nitrogens with two attached hydrogens (primary N) is 1. The Balaban J connectivity index is 0.000000153. The first-order valence-corrected chi connectivity index (χ1v) is 48.3. The Hall–Kier alpha value is -14.7. The third-order valence-corrected chi connectivity index (χ3v) is 27.7. The Morgan fingerprint density at radius 2 is 0.652 bits per heavy atom. The predicted molar refractivity (Wildman–Crippen MR) is 589 cm³/mol. The lowest BCUT2D eigenvalue weighted by Gasteiger charge is -2.33. The monoisotopic (exact) mass is 1990 g/mol. The minimum atomic E-state index is 0.206. The van der Waals surface area contributed by atoms with Gasteiger partial charge in [0.1, 0.15) is 0 Å². The summed E-state index contributed by atoms with van der Waals surface area (Å²) in [7, 11) is 0. The van der Waals surface area contributed by atoms with E-state index < -0.39 is 0 Å². The van der Waals surface area contributed by atoms with Gasteiger partial charge in [-0.05, 0) is 332 Å². The lowest BCUT2D eigenvalue weighted by molar-refractivity contribution is 0.875. The summed E-state index contributed by atoms with van der Waals surface area (Å²) in [6.45, 7) is 34.9. The van der Waals surface area contributed by atoms with Crippen LogP contribution < -0.4 is 20.9 Å². The Morgan fingerprint density at radius 3 is 1.05 bits per heavy atom. The summed E-state index contributed by atoms with van der Waals surface area (Å²) in [4.78, 5) is 8.67. The van der Waals surface area contributed by atoms with Crippen molar-refractivity contribution in [3.8, 4) is 62.7 Å². The average Bonchev–Trinajstić information content (AvgIpc) is 0.708. The summed E-state index contributed by atoms with van der Waals surface area (Å²) >= 11 is 10.0. The molecular weight excluding hydrogens is 1890 g/mol. The van der Waals surface area contributed by atoms with Gasteiger partial charge in [-0.1, -0.05) is 336 Å². The molecule has 0 aromatic heterocycles. The number of rotatable bonds is 16. The van der Waals surface area contributed by atoms with Crippen LogP contribution >= 0.6 is 54.5 Å². The number of aryl methyl sites for hydroxylation is 4. The molecule has 0 atom stereocenters. The van der Waals surface area contributed by atoms with Crippen molar-refractivity contribution < 1.29 is 0 Å². The van der Waals surface area contributed by atoms with Gasteiger partial charge >= 0.3 is 0 Å². The quantitative estimate of drug-likeness (QED) is 0.0428. The summed E-state index contributed by atoms with van der Waals surface area (Å²) in [5.74, 6) is 1.41. The summed E-state index contributed by atoms with van der Waals surface area (Å²) in [6, 6.07) is 133. The van der Waals surface area contributed by atoms with Crippen LogP contribution in [-0.2, 0) is 0 Å². The molecule has 0 amide bonds. The highest BCUT2D eigenvalue weighted by atomic mass is 127. The highest BCUT2D eigenvalue weighted by molar-refractivity contribution is 14.1. The predicted octanol–water partition coefficient (Wildman–Crippen LogP) is 37.2. The van der Waals surface area contributed by atoms with Crippen LogP contribution in [0.25, 0.3) is 114 Å². The molecule has 20 aromatic rings. The zero-order chi connectivity index (χ0) is 94.8. The van der Waals surface area contributed by atoms with Crippen molar-refractivity contribution >= 4 is 176 Å². The van der Waals surface area contributed by atoms with Crippen molar-refractivity contribution in [3.05, 3.63) is 449 Å². The SMILES string of the molecule is CC(C)c1cc(Br)c2ccc3c(C(C)C)cc(Br)c4ccc1c2c43.Cc1ccc(-c2ccccc2)cc1I.Cc1ccc(-c2ccccc2)cc1Nc1cccc(C#N)c1.N#Cc1cccc(N)c1.[C-]#[N+]c1cccc(N(c2cc(-c3ccccc3)ccc2C)c2cc(C(C)C)c3ccc4c(N(c5cccc(C#N)c5)c5cc(-c6ccccc6)ccc5C)cc(C(C)C)c5ccc2c3c54)c1. The zero-order valence-corrected chi connectivity index (χ0v) is 83.2. The number of anilines is 9. The van der Waals surface area contributed by atoms with Crippen molar-refractivity contribution in [2.45, 2.75) is 107 Å². The van der Waals surface area contributed by atoms with Crippen LogP contribution in [0.3, 0.4) is 0 Å². The number of benzene rings is 20. The molecule has 0 radical (unpaired) electrons. The fraction of sp³-hybridized carbons (Fsp3) is 0.129. The molecule has 0 aliphatic heterocycles. The smallest absolute Gasteiger partial charge is 0.189 e. The van der Waals surface area contributed by atoms with Gasteiger partial charge in [0.05, 0.1) is 52.8 Å². The molecule has 0 saturated carbocycles. The second-order valence-corrected chi connectivity index (χ2v) is 38.5. The fourth-order valence-electron chi connectivity index (χ4n) is 18.2. The summed E-state index contributed by atoms with van der Waals surface area (Å²) in [5.41, 5.74) is 36.2. The Labute approximate surface area is 824 Å². The van der Waals surface area contributed by atoms with Crippen LogP contribution in [0.2, 0.25) is 0 Å². The molecule has 0 spiro atoms. The molecule has 0 bridgehead atoms. The number of nitrogen functional groups attached to an aromatic ring is 1. The van der Waals surface area contributed by atoms with E-state index in [-0.39, 0.29) is 11.8 Å².